The van der Waals surface area contributed by atoms with Crippen molar-refractivity contribution in [2.75, 3.05) is 0 Å². The summed E-state index contributed by atoms with van der Waals surface area (Å²) in [5, 5.41) is 47.8. The second-order valence-electron chi connectivity index (χ2n) is 28.0. The predicted octanol–water partition coefficient (Wildman–Crippen LogP) is 24.1. The van der Waals surface area contributed by atoms with Gasteiger partial charge in [-0.3, -0.25) is 20.2 Å². The van der Waals surface area contributed by atoms with E-state index in [1.165, 1.54) is 80.9 Å². The SMILES string of the molecule is Brc1ccc2c(c1)[nH]c1ccccc12.Brc1ccc2c3ccccc3n(-c3ccccc3)c2c1.CC1(C)OB(B2OC(C)(C)C(C)(C)O2)OC1(C)C.Ic1ccccc1.O=[N+]([O-])c1cc(Br)ccc1-c1ccccc1.O=[N+]([O-])c1cc(Br)ccc1Br.OB(O)c1ccccc1.c1ccc(P(c2ccccc2)c2ccccc2)cc1. The summed E-state index contributed by atoms with van der Waals surface area (Å²) in [5.74, 6) is 0. The molecule has 0 radical (unpaired) electrons. The smallest absolute Gasteiger partial charge is 0.423 e. The van der Waals surface area contributed by atoms with Crippen molar-refractivity contribution in [1.82, 2.24) is 9.55 Å². The number of hydrogen-bond donors (Lipinski definition) is 3. The highest BCUT2D eigenvalue weighted by molar-refractivity contribution is 14.1. The van der Waals surface area contributed by atoms with Crippen molar-refractivity contribution in [1.29, 1.82) is 0 Å². The molecule has 0 spiro atoms. The Hall–Kier alpha value is -8.23. The number of benzene rings is 13. The van der Waals surface area contributed by atoms with E-state index in [1.54, 1.807) is 48.5 Å². The quantitative estimate of drug-likeness (QED) is 0.0413. The summed E-state index contributed by atoms with van der Waals surface area (Å²) in [4.78, 5) is 23.8. The van der Waals surface area contributed by atoms with Crippen LogP contribution in [0.3, 0.4) is 0 Å². The third-order valence-corrected chi connectivity index (χ3v) is 24.9. The summed E-state index contributed by atoms with van der Waals surface area (Å²) in [6.07, 6.45) is 0. The molecule has 24 heteroatoms. The van der Waals surface area contributed by atoms with Crippen LogP contribution in [0.1, 0.15) is 55.4 Å². The molecule has 2 aliphatic rings. The topological polar surface area (TPSA) is 184 Å². The number of aromatic nitrogens is 2. The van der Waals surface area contributed by atoms with Crippen LogP contribution in [0.5, 0.6) is 0 Å². The fraction of sp³-hybridized carbons (Fsp3) is 0.133. The molecule has 0 unspecified atom stereocenters. The average Bonchev–Trinajstić information content (AvgIpc) is 1.59. The second kappa shape index (κ2) is 41.1. The number of hydrogen-bond acceptors (Lipinski definition) is 10. The predicted molar refractivity (Wildman–Crippen MR) is 499 cm³/mol. The summed E-state index contributed by atoms with van der Waals surface area (Å²) in [5.41, 5.74) is 6.79. The van der Waals surface area contributed by atoms with Gasteiger partial charge < -0.3 is 38.2 Å². The number of nitro groups is 2. The van der Waals surface area contributed by atoms with Gasteiger partial charge in [-0.1, -0.05) is 300 Å². The summed E-state index contributed by atoms with van der Waals surface area (Å²) in [6, 6.07) is 111. The minimum atomic E-state index is -1.34. The zero-order chi connectivity index (χ0) is 81.7. The number of nitrogens with one attached hydrogen (secondary N) is 1. The largest absolute Gasteiger partial charge is 0.488 e. The summed E-state index contributed by atoms with van der Waals surface area (Å²) < 4.78 is 31.6. The van der Waals surface area contributed by atoms with Crippen LogP contribution in [0.15, 0.2) is 356 Å². The van der Waals surface area contributed by atoms with Crippen LogP contribution in [-0.4, -0.2) is 73.0 Å². The first-order valence-electron chi connectivity index (χ1n) is 36.3. The molecule has 2 aliphatic heterocycles. The van der Waals surface area contributed by atoms with Gasteiger partial charge in [0.2, 0.25) is 0 Å². The number of halogens is 6. The number of nitrogens with zero attached hydrogens (tertiary/aromatic N) is 3. The average molecular weight is 1970 g/mol. The van der Waals surface area contributed by atoms with Gasteiger partial charge in [0.05, 0.1) is 53.3 Å². The number of H-pyrrole nitrogens is 1. The van der Waals surface area contributed by atoms with Crippen molar-refractivity contribution in [2.24, 2.45) is 0 Å². The van der Waals surface area contributed by atoms with Crippen LogP contribution in [0.25, 0.3) is 60.4 Å². The molecule has 2 fully saturated rings. The molecule has 114 heavy (non-hydrogen) atoms. The molecule has 4 heterocycles. The van der Waals surface area contributed by atoms with E-state index in [2.05, 4.69) is 318 Å². The van der Waals surface area contributed by atoms with Gasteiger partial charge in [0.1, 0.15) is 0 Å². The van der Waals surface area contributed by atoms with Gasteiger partial charge >= 0.3 is 21.1 Å². The van der Waals surface area contributed by atoms with Crippen molar-refractivity contribution in [3.8, 4) is 16.8 Å². The molecule has 0 amide bonds. The summed E-state index contributed by atoms with van der Waals surface area (Å²) >= 11 is 18.8. The maximum absolute atomic E-state index is 10.9. The molecule has 17 rings (SSSR count). The van der Waals surface area contributed by atoms with Crippen LogP contribution in [0.4, 0.5) is 11.4 Å². The highest BCUT2D eigenvalue weighted by atomic mass is 127. The number of rotatable bonds is 9. The maximum Gasteiger partial charge on any atom is 0.488 e. The molecule has 0 atom stereocenters. The first-order chi connectivity index (χ1) is 54.5. The van der Waals surface area contributed by atoms with Crippen molar-refractivity contribution in [3.05, 3.63) is 380 Å². The standard InChI is InChI=1S/C18H12BrN.C18H15P.C12H24B2O4.C12H8BrNO2.C12H8BrN.C6H7BO2.C6H3Br2NO2.C6H5I/c19-13-10-11-16-15-8-4-5-9-17(15)20(18(16)12-13)14-6-2-1-3-7-14;1-4-10-16(11-5-1)19(17-12-6-2-7-13-17)18-14-8-3-9-15-18;1-9(2)10(3,4)16-13(15-9)14-17-11(5,6)12(7,8)18-14;13-10-6-7-11(12(8-10)14(15)16)9-4-2-1-3-5-9;13-8-5-6-10-9-3-1-2-4-11(9)14-12(10)7-8;8-7(9)6-4-2-1-3-5-6;7-4-1-2-5(8)6(3-4)9(10)11;7-6-4-2-1-3-5-6/h1-12H;1-15H;1-8H3;1-8H;1-7,14H;1-5,8-9H;1-3H;1-5H. The highest BCUT2D eigenvalue weighted by Gasteiger charge is 2.63. The third kappa shape index (κ3) is 23.5. The Bertz CT molecular complexity index is 5480. The number of nitro benzene ring substituents is 2. The first-order valence-corrected chi connectivity index (χ1v) is 42.7. The lowest BCUT2D eigenvalue weighted by atomic mass is 9.49. The molecule has 0 bridgehead atoms. The van der Waals surface area contributed by atoms with E-state index in [9.17, 15) is 20.2 Å². The van der Waals surface area contributed by atoms with Crippen LogP contribution in [0.2, 0.25) is 0 Å². The van der Waals surface area contributed by atoms with Gasteiger partial charge in [0, 0.05) is 71.9 Å². The highest BCUT2D eigenvalue weighted by Crippen LogP contribution is 2.44. The molecule has 2 aromatic heterocycles. The Morgan fingerprint density at radius 1 is 0.395 bits per heavy atom. The van der Waals surface area contributed by atoms with Gasteiger partial charge in [0.15, 0.2) is 0 Å². The molecule has 14 nitrogen and oxygen atoms in total. The van der Waals surface area contributed by atoms with Crippen LogP contribution >= 0.6 is 110 Å². The molecule has 15 aromatic rings. The van der Waals surface area contributed by atoms with Gasteiger partial charge in [-0.15, -0.1) is 0 Å². The maximum atomic E-state index is 10.9. The number of fused-ring (bicyclic) bond motifs is 6. The molecular formula is C90H82B3Br5IN4O10P. The van der Waals surface area contributed by atoms with Crippen molar-refractivity contribution >= 4 is 208 Å². The number of aromatic amines is 1. The zero-order valence-corrected chi connectivity index (χ0v) is 74.7. The van der Waals surface area contributed by atoms with Gasteiger partial charge in [-0.25, -0.2) is 0 Å². The molecule has 13 aromatic carbocycles. The van der Waals surface area contributed by atoms with Crippen molar-refractivity contribution in [2.45, 2.75) is 77.8 Å². The van der Waals surface area contributed by atoms with Crippen molar-refractivity contribution in [3.63, 3.8) is 0 Å². The van der Waals surface area contributed by atoms with Crippen molar-refractivity contribution < 1.29 is 38.5 Å². The van der Waals surface area contributed by atoms with Crippen LogP contribution in [-0.2, 0) is 18.6 Å². The molecule has 3 N–H and O–H groups in total. The third-order valence-electron chi connectivity index (χ3n) is 19.1. The van der Waals surface area contributed by atoms with E-state index in [4.69, 9.17) is 28.7 Å². The Morgan fingerprint density at radius 2 is 0.754 bits per heavy atom. The zero-order valence-electron chi connectivity index (χ0n) is 63.7. The fourth-order valence-corrected chi connectivity index (χ4v) is 16.5. The van der Waals surface area contributed by atoms with Crippen LogP contribution < -0.4 is 21.4 Å². The van der Waals surface area contributed by atoms with E-state index >= 15 is 0 Å². The Morgan fingerprint density at radius 3 is 1.20 bits per heavy atom. The normalized spacial score (nSPS) is 13.8. The minimum absolute atomic E-state index is 0.0689. The molecule has 0 saturated carbocycles. The van der Waals surface area contributed by atoms with E-state index in [0.29, 0.717) is 24.4 Å². The van der Waals surface area contributed by atoms with E-state index in [-0.39, 0.29) is 38.7 Å². The Kier molecular flexibility index (Phi) is 31.7. The van der Waals surface area contributed by atoms with Gasteiger partial charge in [-0.2, -0.15) is 0 Å². The van der Waals surface area contributed by atoms with E-state index < -0.39 is 34.0 Å². The molecular weight excluding hydrogens is 1890 g/mol. The van der Waals surface area contributed by atoms with Gasteiger partial charge in [0.25, 0.3) is 11.4 Å². The molecule has 578 valence electrons. The lowest BCUT2D eigenvalue weighted by Gasteiger charge is -2.32. The van der Waals surface area contributed by atoms with Crippen LogP contribution in [0, 0.1) is 23.8 Å². The minimum Gasteiger partial charge on any atom is -0.423 e. The monoisotopic (exact) mass is 1960 g/mol. The Balaban J connectivity index is 0.000000140. The van der Waals surface area contributed by atoms with E-state index in [0.717, 1.165) is 14.5 Å². The summed E-state index contributed by atoms with van der Waals surface area (Å²) in [6.45, 7) is 16.2. The van der Waals surface area contributed by atoms with E-state index in [1.807, 2.05) is 122 Å². The fourth-order valence-electron chi connectivity index (χ4n) is 12.0. The molecule has 2 saturated heterocycles. The van der Waals surface area contributed by atoms with Gasteiger partial charge in [-0.05, 0) is 214 Å². The first kappa shape index (κ1) is 88.1. The number of para-hydroxylation sites is 3. The Labute approximate surface area is 723 Å². The lowest BCUT2D eigenvalue weighted by Crippen LogP contribution is -2.41. The second-order valence-corrected chi connectivity index (χ2v) is 36.0. The lowest BCUT2D eigenvalue weighted by molar-refractivity contribution is -0.385. The molecule has 0 aliphatic carbocycles. The summed E-state index contributed by atoms with van der Waals surface area (Å²) in [7, 11) is -2.74.